The van der Waals surface area contributed by atoms with Crippen molar-refractivity contribution in [2.24, 2.45) is 5.92 Å². The summed E-state index contributed by atoms with van der Waals surface area (Å²) in [6, 6.07) is 5.88. The van der Waals surface area contributed by atoms with Gasteiger partial charge in [0, 0.05) is 15.9 Å². The van der Waals surface area contributed by atoms with Gasteiger partial charge in [-0.3, -0.25) is 0 Å². The molecule has 3 rings (SSSR count). The molecule has 1 heterocycles. The van der Waals surface area contributed by atoms with E-state index in [4.69, 9.17) is 0 Å². The molecule has 1 aromatic carbocycles. The number of halogens is 4. The highest BCUT2D eigenvalue weighted by molar-refractivity contribution is 9.10. The van der Waals surface area contributed by atoms with Crippen LogP contribution in [0.25, 0.3) is 0 Å². The highest BCUT2D eigenvalue weighted by Gasteiger charge is 2.33. The van der Waals surface area contributed by atoms with E-state index in [2.05, 4.69) is 48.2 Å². The number of aromatic nitrogens is 1. The van der Waals surface area contributed by atoms with E-state index in [1.165, 1.54) is 46.4 Å². The summed E-state index contributed by atoms with van der Waals surface area (Å²) in [5.74, 6) is 1.06. The van der Waals surface area contributed by atoms with Gasteiger partial charge in [0.2, 0.25) is 0 Å². The normalized spacial score (nSPS) is 18.2. The third-order valence-electron chi connectivity index (χ3n) is 6.32. The molecular weight excluding hydrogens is 439 g/mol. The van der Waals surface area contributed by atoms with Crippen LogP contribution in [0, 0.1) is 12.8 Å². The van der Waals surface area contributed by atoms with Crippen LogP contribution in [-0.2, 0) is 12.6 Å². The quantitative estimate of drug-likeness (QED) is 0.399. The molecule has 0 N–H and O–H groups in total. The summed E-state index contributed by atoms with van der Waals surface area (Å²) in [4.78, 5) is 0. The van der Waals surface area contributed by atoms with Gasteiger partial charge in [0.1, 0.15) is 0 Å². The lowest BCUT2D eigenvalue weighted by Crippen LogP contribution is -2.20. The number of benzene rings is 1. The summed E-state index contributed by atoms with van der Waals surface area (Å²) in [5, 5.41) is 0. The Labute approximate surface area is 180 Å². The summed E-state index contributed by atoms with van der Waals surface area (Å²) >= 11 is 3.83. The average molecular weight is 470 g/mol. The van der Waals surface area contributed by atoms with Gasteiger partial charge in [-0.15, -0.1) is 0 Å². The molecule has 0 saturated heterocycles. The maximum atomic E-state index is 13.1. The first kappa shape index (κ1) is 22.5. The van der Waals surface area contributed by atoms with Crippen LogP contribution >= 0.6 is 15.9 Å². The van der Waals surface area contributed by atoms with Crippen LogP contribution in [0.3, 0.4) is 0 Å². The van der Waals surface area contributed by atoms with Crippen LogP contribution in [0.4, 0.5) is 13.2 Å². The van der Waals surface area contributed by atoms with Crippen LogP contribution in [0.1, 0.15) is 92.9 Å². The molecule has 29 heavy (non-hydrogen) atoms. The fourth-order valence-electron chi connectivity index (χ4n) is 4.73. The van der Waals surface area contributed by atoms with Crippen LogP contribution in [-0.4, -0.2) is 4.57 Å². The summed E-state index contributed by atoms with van der Waals surface area (Å²) < 4.78 is 42.9. The highest BCUT2D eigenvalue weighted by Crippen LogP contribution is 2.44. The molecule has 0 bridgehead atoms. The first-order valence-electron chi connectivity index (χ1n) is 10.7. The van der Waals surface area contributed by atoms with Gasteiger partial charge in [0.05, 0.1) is 11.6 Å². The van der Waals surface area contributed by atoms with Gasteiger partial charge < -0.3 is 4.57 Å². The Kier molecular flexibility index (Phi) is 6.87. The maximum absolute atomic E-state index is 13.1. The molecule has 1 aliphatic carbocycles. The van der Waals surface area contributed by atoms with Crippen molar-refractivity contribution in [2.45, 2.75) is 84.4 Å². The standard InChI is InChI=1S/C24H31BrF3N/c1-5-17-7-6-8-20-22(25)16(4)29(23(17)20)21(14-9-15(2)3)18-10-12-19(13-11-18)24(26,27)28/h10-13,15,17,21H,5-9,14H2,1-4H3/t17?,21-/m1/s1. The van der Waals surface area contributed by atoms with E-state index in [1.807, 2.05) is 0 Å². The number of nitrogens with zero attached hydrogens (tertiary/aromatic N) is 1. The molecule has 5 heteroatoms. The molecule has 0 fully saturated rings. The Morgan fingerprint density at radius 1 is 1.14 bits per heavy atom. The zero-order valence-corrected chi connectivity index (χ0v) is 19.3. The van der Waals surface area contributed by atoms with Crippen LogP contribution < -0.4 is 0 Å². The maximum Gasteiger partial charge on any atom is 0.416 e. The average Bonchev–Trinajstić information content (AvgIpc) is 2.93. The van der Waals surface area contributed by atoms with Gasteiger partial charge in [-0.1, -0.05) is 32.9 Å². The molecule has 2 atom stereocenters. The minimum absolute atomic E-state index is 0.0619. The monoisotopic (exact) mass is 469 g/mol. The molecule has 0 aliphatic heterocycles. The Morgan fingerprint density at radius 3 is 2.34 bits per heavy atom. The minimum atomic E-state index is -4.30. The molecule has 1 aliphatic rings. The van der Waals surface area contributed by atoms with Crippen molar-refractivity contribution in [3.05, 3.63) is 56.8 Å². The molecule has 2 aromatic rings. The molecule has 0 radical (unpaired) electrons. The van der Waals surface area contributed by atoms with Crippen molar-refractivity contribution in [3.8, 4) is 0 Å². The van der Waals surface area contributed by atoms with Gasteiger partial charge in [-0.2, -0.15) is 13.2 Å². The number of fused-ring (bicyclic) bond motifs is 1. The number of alkyl halides is 3. The van der Waals surface area contributed by atoms with E-state index in [0.717, 1.165) is 31.2 Å². The molecule has 160 valence electrons. The van der Waals surface area contributed by atoms with Crippen molar-refractivity contribution in [3.63, 3.8) is 0 Å². The van der Waals surface area contributed by atoms with Gasteiger partial charge in [0.15, 0.2) is 0 Å². The number of hydrogen-bond acceptors (Lipinski definition) is 0. The van der Waals surface area contributed by atoms with Gasteiger partial charge in [0.25, 0.3) is 0 Å². The number of hydrogen-bond donors (Lipinski definition) is 0. The van der Waals surface area contributed by atoms with Gasteiger partial charge in [-0.25, -0.2) is 0 Å². The van der Waals surface area contributed by atoms with E-state index in [0.29, 0.717) is 11.8 Å². The Balaban J connectivity index is 2.11. The predicted octanol–water partition coefficient (Wildman–Crippen LogP) is 8.43. The van der Waals surface area contributed by atoms with Crippen molar-refractivity contribution >= 4 is 15.9 Å². The zero-order chi connectivity index (χ0) is 21.3. The molecule has 0 spiro atoms. The predicted molar refractivity (Wildman–Crippen MR) is 116 cm³/mol. The topological polar surface area (TPSA) is 4.93 Å². The fraction of sp³-hybridized carbons (Fsp3) is 0.583. The lowest BCUT2D eigenvalue weighted by Gasteiger charge is -2.30. The van der Waals surface area contributed by atoms with Crippen molar-refractivity contribution in [2.75, 3.05) is 0 Å². The van der Waals surface area contributed by atoms with Crippen molar-refractivity contribution in [1.82, 2.24) is 4.57 Å². The lowest BCUT2D eigenvalue weighted by molar-refractivity contribution is -0.137. The summed E-state index contributed by atoms with van der Waals surface area (Å²) in [6.07, 6.45) is 2.20. The van der Waals surface area contributed by atoms with Crippen LogP contribution in [0.15, 0.2) is 28.7 Å². The summed E-state index contributed by atoms with van der Waals surface area (Å²) in [6.45, 7) is 8.78. The third kappa shape index (κ3) is 4.60. The largest absolute Gasteiger partial charge is 0.416 e. The fourth-order valence-corrected chi connectivity index (χ4v) is 5.33. The minimum Gasteiger partial charge on any atom is -0.340 e. The molecular formula is C24H31BrF3N. The Bertz CT molecular complexity index is 833. The number of rotatable bonds is 6. The second-order valence-corrected chi connectivity index (χ2v) is 9.53. The molecule has 0 amide bonds. The van der Waals surface area contributed by atoms with Crippen LogP contribution in [0.5, 0.6) is 0 Å². The Hall–Kier alpha value is -1.23. The zero-order valence-electron chi connectivity index (χ0n) is 17.7. The van der Waals surface area contributed by atoms with E-state index in [-0.39, 0.29) is 6.04 Å². The second kappa shape index (κ2) is 8.87. The van der Waals surface area contributed by atoms with E-state index >= 15 is 0 Å². The van der Waals surface area contributed by atoms with E-state index in [1.54, 1.807) is 12.1 Å². The lowest BCUT2D eigenvalue weighted by atomic mass is 9.85. The summed E-state index contributed by atoms with van der Waals surface area (Å²) in [5.41, 5.74) is 4.39. The van der Waals surface area contributed by atoms with E-state index in [9.17, 15) is 13.2 Å². The first-order chi connectivity index (χ1) is 13.6. The van der Waals surface area contributed by atoms with Gasteiger partial charge >= 0.3 is 6.18 Å². The molecule has 1 unspecified atom stereocenters. The highest BCUT2D eigenvalue weighted by atomic mass is 79.9. The SMILES string of the molecule is CCC1CCCc2c(Br)c(C)n([C@H](CCC(C)C)c3ccc(C(F)(F)F)cc3)c21. The smallest absolute Gasteiger partial charge is 0.340 e. The van der Waals surface area contributed by atoms with Crippen molar-refractivity contribution < 1.29 is 13.2 Å². The Morgan fingerprint density at radius 2 is 1.79 bits per heavy atom. The third-order valence-corrected chi connectivity index (χ3v) is 7.38. The first-order valence-corrected chi connectivity index (χ1v) is 11.5. The molecule has 1 aromatic heterocycles. The van der Waals surface area contributed by atoms with Crippen molar-refractivity contribution in [1.29, 1.82) is 0 Å². The summed E-state index contributed by atoms with van der Waals surface area (Å²) in [7, 11) is 0. The van der Waals surface area contributed by atoms with Crippen LogP contribution in [0.2, 0.25) is 0 Å². The van der Waals surface area contributed by atoms with E-state index < -0.39 is 11.7 Å². The van der Waals surface area contributed by atoms with Gasteiger partial charge in [-0.05, 0) is 96.5 Å². The molecule has 0 saturated carbocycles. The second-order valence-electron chi connectivity index (χ2n) is 8.74. The molecule has 1 nitrogen and oxygen atoms in total.